The average molecular weight is 222 g/mol. The van der Waals surface area contributed by atoms with E-state index in [1.54, 1.807) is 12.1 Å². The van der Waals surface area contributed by atoms with Gasteiger partial charge < -0.3 is 20.9 Å². The lowest BCUT2D eigenvalue weighted by molar-refractivity contribution is -0.137. The highest BCUT2D eigenvalue weighted by Crippen LogP contribution is 2.31. The Balaban J connectivity index is 2.02. The van der Waals surface area contributed by atoms with Crippen molar-refractivity contribution in [3.05, 3.63) is 18.2 Å². The second-order valence-corrected chi connectivity index (χ2v) is 3.84. The van der Waals surface area contributed by atoms with Gasteiger partial charge in [0, 0.05) is 12.1 Å². The van der Waals surface area contributed by atoms with Crippen LogP contribution in [0.2, 0.25) is 0 Å². The Hall–Kier alpha value is -1.91. The average Bonchev–Trinajstić information content (AvgIpc) is 2.25. The van der Waals surface area contributed by atoms with E-state index >= 15 is 0 Å². The van der Waals surface area contributed by atoms with Crippen molar-refractivity contribution in [1.82, 2.24) is 0 Å². The highest BCUT2D eigenvalue weighted by atomic mass is 16.5. The van der Waals surface area contributed by atoms with Crippen LogP contribution in [0.1, 0.15) is 12.8 Å². The zero-order chi connectivity index (χ0) is 11.5. The van der Waals surface area contributed by atoms with Gasteiger partial charge in [0.15, 0.2) is 0 Å². The van der Waals surface area contributed by atoms with Gasteiger partial charge in [-0.15, -0.1) is 0 Å². The van der Waals surface area contributed by atoms with Crippen molar-refractivity contribution in [2.24, 2.45) is 0 Å². The van der Waals surface area contributed by atoms with E-state index in [-0.39, 0.29) is 12.5 Å². The molecule has 0 radical (unpaired) electrons. The minimum absolute atomic E-state index is 0.0328. The summed E-state index contributed by atoms with van der Waals surface area (Å²) in [5.74, 6) is -0.0269. The van der Waals surface area contributed by atoms with E-state index in [1.807, 2.05) is 6.07 Å². The van der Waals surface area contributed by atoms with Crippen molar-refractivity contribution >= 4 is 17.3 Å². The Morgan fingerprint density at radius 1 is 1.62 bits per heavy atom. The zero-order valence-electron chi connectivity index (χ0n) is 8.77. The quantitative estimate of drug-likeness (QED) is 0.671. The van der Waals surface area contributed by atoms with E-state index < -0.39 is 5.97 Å². The van der Waals surface area contributed by atoms with E-state index in [0.29, 0.717) is 18.7 Å². The zero-order valence-corrected chi connectivity index (χ0v) is 8.77. The number of carbonyl (C=O) groups is 1. The van der Waals surface area contributed by atoms with Crippen LogP contribution >= 0.6 is 0 Å². The van der Waals surface area contributed by atoms with Crippen molar-refractivity contribution in [1.29, 1.82) is 0 Å². The number of benzene rings is 1. The summed E-state index contributed by atoms with van der Waals surface area (Å²) in [4.78, 5) is 10.5. The number of carboxylic acids is 1. The van der Waals surface area contributed by atoms with Crippen molar-refractivity contribution in [2.75, 3.05) is 17.7 Å². The Kier molecular flexibility index (Phi) is 2.85. The molecule has 0 fully saturated rings. The minimum Gasteiger partial charge on any atom is -0.489 e. The molecular formula is C11H14N2O3. The first-order valence-corrected chi connectivity index (χ1v) is 5.16. The van der Waals surface area contributed by atoms with Crippen molar-refractivity contribution in [3.63, 3.8) is 0 Å². The third-order valence-electron chi connectivity index (χ3n) is 2.51. The second kappa shape index (κ2) is 4.30. The van der Waals surface area contributed by atoms with E-state index in [2.05, 4.69) is 5.32 Å². The molecule has 86 valence electrons. The van der Waals surface area contributed by atoms with Crippen LogP contribution in [0.25, 0.3) is 0 Å². The number of aliphatic carboxylic acids is 1. The van der Waals surface area contributed by atoms with Crippen LogP contribution in [0.5, 0.6) is 5.75 Å². The summed E-state index contributed by atoms with van der Waals surface area (Å²) in [6.07, 6.45) is 0.683. The normalized spacial score (nSPS) is 18.1. The van der Waals surface area contributed by atoms with Crippen molar-refractivity contribution in [3.8, 4) is 5.75 Å². The van der Waals surface area contributed by atoms with Gasteiger partial charge in [0.1, 0.15) is 12.4 Å². The molecule has 0 amide bonds. The first-order chi connectivity index (χ1) is 7.65. The molecule has 0 saturated heterocycles. The van der Waals surface area contributed by atoms with Crippen LogP contribution in [0.3, 0.4) is 0 Å². The monoisotopic (exact) mass is 222 g/mol. The number of nitrogens with one attached hydrogen (secondary N) is 1. The maximum atomic E-state index is 10.5. The van der Waals surface area contributed by atoms with Gasteiger partial charge in [0.05, 0.1) is 11.7 Å². The van der Waals surface area contributed by atoms with Gasteiger partial charge >= 0.3 is 5.97 Å². The maximum absolute atomic E-state index is 10.5. The van der Waals surface area contributed by atoms with Crippen molar-refractivity contribution < 1.29 is 14.6 Å². The first-order valence-electron chi connectivity index (χ1n) is 5.16. The summed E-state index contributed by atoms with van der Waals surface area (Å²) in [6, 6.07) is 5.41. The third-order valence-corrected chi connectivity index (χ3v) is 2.51. The summed E-state index contributed by atoms with van der Waals surface area (Å²) >= 11 is 0. The molecule has 0 aliphatic carbocycles. The fraction of sp³-hybridized carbons (Fsp3) is 0.364. The predicted octanol–water partition coefficient (Wildman–Crippen LogP) is 1.31. The summed E-state index contributed by atoms with van der Waals surface area (Å²) in [6.45, 7) is 0.490. The summed E-state index contributed by atoms with van der Waals surface area (Å²) in [5, 5.41) is 11.8. The third kappa shape index (κ3) is 2.36. The largest absolute Gasteiger partial charge is 0.489 e. The molecule has 0 saturated carbocycles. The molecule has 4 N–H and O–H groups in total. The molecule has 0 bridgehead atoms. The lowest BCUT2D eigenvalue weighted by Gasteiger charge is -2.27. The Labute approximate surface area is 93.2 Å². The molecule has 1 atom stereocenters. The van der Waals surface area contributed by atoms with Gasteiger partial charge in [-0.2, -0.15) is 0 Å². The highest BCUT2D eigenvalue weighted by molar-refractivity contribution is 5.67. The number of hydrogen-bond donors (Lipinski definition) is 3. The molecule has 2 rings (SSSR count). The lowest BCUT2D eigenvalue weighted by atomic mass is 10.1. The molecule has 1 aliphatic rings. The fourth-order valence-electron chi connectivity index (χ4n) is 1.69. The standard InChI is InChI=1S/C11H14N2O3/c12-7-1-3-10-9(5-7)13-8(6-16-10)2-4-11(14)15/h1,3,5,8,13H,2,4,6,12H2,(H,14,15). The topological polar surface area (TPSA) is 84.6 Å². The minimum atomic E-state index is -0.792. The molecule has 0 aromatic heterocycles. The van der Waals surface area contributed by atoms with E-state index in [1.165, 1.54) is 0 Å². The van der Waals surface area contributed by atoms with Crippen LogP contribution in [-0.2, 0) is 4.79 Å². The van der Waals surface area contributed by atoms with Crippen LogP contribution in [0.15, 0.2) is 18.2 Å². The van der Waals surface area contributed by atoms with E-state index in [0.717, 1.165) is 11.4 Å². The fourth-order valence-corrected chi connectivity index (χ4v) is 1.69. The Bertz CT molecular complexity index is 406. The number of anilines is 2. The molecule has 16 heavy (non-hydrogen) atoms. The molecule has 5 nitrogen and oxygen atoms in total. The van der Waals surface area contributed by atoms with Crippen molar-refractivity contribution in [2.45, 2.75) is 18.9 Å². The predicted molar refractivity (Wildman–Crippen MR) is 60.6 cm³/mol. The summed E-state index contributed by atoms with van der Waals surface area (Å²) < 4.78 is 5.51. The molecule has 5 heteroatoms. The summed E-state index contributed by atoms with van der Waals surface area (Å²) in [7, 11) is 0. The molecule has 1 unspecified atom stereocenters. The number of nitrogen functional groups attached to an aromatic ring is 1. The molecule has 1 aromatic rings. The van der Waals surface area contributed by atoms with Gasteiger partial charge in [0.25, 0.3) is 0 Å². The first kappa shape index (κ1) is 10.6. The smallest absolute Gasteiger partial charge is 0.303 e. The maximum Gasteiger partial charge on any atom is 0.303 e. The van der Waals surface area contributed by atoms with Gasteiger partial charge in [-0.05, 0) is 24.6 Å². The number of ether oxygens (including phenoxy) is 1. The van der Waals surface area contributed by atoms with Gasteiger partial charge in [-0.3, -0.25) is 4.79 Å². The van der Waals surface area contributed by atoms with Crippen LogP contribution < -0.4 is 15.8 Å². The van der Waals surface area contributed by atoms with Gasteiger partial charge in [0.2, 0.25) is 0 Å². The van der Waals surface area contributed by atoms with E-state index in [4.69, 9.17) is 15.6 Å². The number of rotatable bonds is 3. The highest BCUT2D eigenvalue weighted by Gasteiger charge is 2.19. The van der Waals surface area contributed by atoms with Crippen LogP contribution in [0, 0.1) is 0 Å². The SMILES string of the molecule is Nc1ccc2c(c1)NC(CCC(=O)O)CO2. The number of carboxylic acid groups (broad SMARTS) is 1. The Morgan fingerprint density at radius 3 is 3.19 bits per heavy atom. The van der Waals surface area contributed by atoms with Crippen LogP contribution in [0.4, 0.5) is 11.4 Å². The summed E-state index contributed by atoms with van der Waals surface area (Å²) in [5.41, 5.74) is 7.16. The number of nitrogens with two attached hydrogens (primary N) is 1. The van der Waals surface area contributed by atoms with E-state index in [9.17, 15) is 4.79 Å². The number of fused-ring (bicyclic) bond motifs is 1. The molecule has 1 aromatic carbocycles. The molecule has 0 spiro atoms. The molecular weight excluding hydrogens is 208 g/mol. The number of hydrogen-bond acceptors (Lipinski definition) is 4. The van der Waals surface area contributed by atoms with Gasteiger partial charge in [-0.25, -0.2) is 0 Å². The van der Waals surface area contributed by atoms with Gasteiger partial charge in [-0.1, -0.05) is 0 Å². The van der Waals surface area contributed by atoms with Crippen LogP contribution in [-0.4, -0.2) is 23.7 Å². The second-order valence-electron chi connectivity index (χ2n) is 3.84. The lowest BCUT2D eigenvalue weighted by Crippen LogP contribution is -2.31. The molecule has 1 heterocycles. The molecule has 1 aliphatic heterocycles. The Morgan fingerprint density at radius 2 is 2.44 bits per heavy atom.